The van der Waals surface area contributed by atoms with E-state index in [-0.39, 0.29) is 6.04 Å². The van der Waals surface area contributed by atoms with Crippen LogP contribution in [0.3, 0.4) is 0 Å². The van der Waals surface area contributed by atoms with Crippen molar-refractivity contribution in [3.63, 3.8) is 0 Å². The van der Waals surface area contributed by atoms with Gasteiger partial charge in [-0.3, -0.25) is 4.79 Å². The Morgan fingerprint density at radius 3 is 2.30 bits per heavy atom. The lowest BCUT2D eigenvalue weighted by atomic mass is 9.80. The molecule has 0 radical (unpaired) electrons. The fourth-order valence-electron chi connectivity index (χ4n) is 4.01. The van der Waals surface area contributed by atoms with Crippen LogP contribution < -0.4 is 9.64 Å². The van der Waals surface area contributed by atoms with Crippen LogP contribution in [0.2, 0.25) is 0 Å². The Hall–Kier alpha value is -3.07. The summed E-state index contributed by atoms with van der Waals surface area (Å²) in [5.41, 5.74) is 6.96. The third-order valence-corrected chi connectivity index (χ3v) is 5.32. The Bertz CT molecular complexity index is 980. The van der Waals surface area contributed by atoms with Gasteiger partial charge in [0.25, 0.3) is 0 Å². The highest BCUT2D eigenvalue weighted by Gasteiger charge is 2.26. The Labute approximate surface area is 160 Å². The lowest BCUT2D eigenvalue weighted by Gasteiger charge is -2.32. The van der Waals surface area contributed by atoms with Gasteiger partial charge < -0.3 is 9.64 Å². The fraction of sp³-hybridized carbons (Fsp3) is 0.208. The summed E-state index contributed by atoms with van der Waals surface area (Å²) in [4.78, 5) is 14.0. The van der Waals surface area contributed by atoms with E-state index < -0.39 is 0 Å². The zero-order valence-corrected chi connectivity index (χ0v) is 15.7. The summed E-state index contributed by atoms with van der Waals surface area (Å²) in [6.07, 6.45) is 2.78. The number of hydrogen-bond acceptors (Lipinski definition) is 2. The normalized spacial score (nSPS) is 12.4. The molecule has 3 aromatic carbocycles. The van der Waals surface area contributed by atoms with E-state index in [4.69, 9.17) is 4.74 Å². The minimum atomic E-state index is -0.0583. The van der Waals surface area contributed by atoms with E-state index in [1.54, 1.807) is 7.11 Å². The molecule has 0 aliphatic heterocycles. The molecule has 3 heteroatoms. The van der Waals surface area contributed by atoms with Crippen molar-refractivity contribution in [3.8, 4) is 28.0 Å². The van der Waals surface area contributed by atoms with Crippen molar-refractivity contribution >= 4 is 12.1 Å². The summed E-state index contributed by atoms with van der Waals surface area (Å²) >= 11 is 0. The lowest BCUT2D eigenvalue weighted by molar-refractivity contribution is -0.108. The molecule has 0 saturated heterocycles. The van der Waals surface area contributed by atoms with Gasteiger partial charge in [-0.05, 0) is 46.9 Å². The van der Waals surface area contributed by atoms with Gasteiger partial charge in [0.2, 0.25) is 6.41 Å². The molecule has 3 aromatic rings. The Morgan fingerprint density at radius 2 is 1.59 bits per heavy atom. The summed E-state index contributed by atoms with van der Waals surface area (Å²) < 4.78 is 5.56. The van der Waals surface area contributed by atoms with E-state index in [0.29, 0.717) is 0 Å². The second-order valence-corrected chi connectivity index (χ2v) is 6.83. The molecule has 0 aromatic heterocycles. The number of carbonyl (C=O) groups excluding carboxylic acids is 1. The Morgan fingerprint density at radius 1 is 0.926 bits per heavy atom. The molecule has 136 valence electrons. The van der Waals surface area contributed by atoms with Crippen molar-refractivity contribution in [2.75, 3.05) is 12.0 Å². The van der Waals surface area contributed by atoms with Crippen LogP contribution in [0.15, 0.2) is 66.7 Å². The number of rotatable bonds is 7. The van der Waals surface area contributed by atoms with Gasteiger partial charge in [-0.15, -0.1) is 0 Å². The van der Waals surface area contributed by atoms with Crippen molar-refractivity contribution in [2.24, 2.45) is 0 Å². The van der Waals surface area contributed by atoms with Crippen molar-refractivity contribution < 1.29 is 9.53 Å². The molecule has 0 saturated carbocycles. The minimum absolute atomic E-state index is 0.0583. The summed E-state index contributed by atoms with van der Waals surface area (Å²) in [6, 6.07) is 22.6. The van der Waals surface area contributed by atoms with Crippen molar-refractivity contribution in [2.45, 2.75) is 25.8 Å². The number of methoxy groups -OCH3 is 1. The van der Waals surface area contributed by atoms with Crippen molar-refractivity contribution in [1.29, 1.82) is 0 Å². The van der Waals surface area contributed by atoms with Crippen LogP contribution in [0, 0.1) is 0 Å². The minimum Gasteiger partial charge on any atom is -0.496 e. The summed E-state index contributed by atoms with van der Waals surface area (Å²) in [6.45, 7) is 2.14. The lowest BCUT2D eigenvalue weighted by Crippen LogP contribution is -2.27. The third kappa shape index (κ3) is 2.89. The van der Waals surface area contributed by atoms with Gasteiger partial charge in [0.05, 0.1) is 13.2 Å². The highest BCUT2D eigenvalue weighted by molar-refractivity contribution is 6.03. The average molecular weight is 357 g/mol. The number of carbonyl (C=O) groups is 1. The maximum atomic E-state index is 12.1. The van der Waals surface area contributed by atoms with Crippen LogP contribution in [-0.2, 0) is 4.79 Å². The van der Waals surface area contributed by atoms with Crippen LogP contribution >= 0.6 is 0 Å². The maximum absolute atomic E-state index is 12.1. The number of ether oxygens (including phenoxy) is 1. The summed E-state index contributed by atoms with van der Waals surface area (Å²) in [5, 5.41) is 0. The van der Waals surface area contributed by atoms with Gasteiger partial charge in [0.1, 0.15) is 5.75 Å². The summed E-state index contributed by atoms with van der Waals surface area (Å²) in [5.74, 6) is 0.817. The number of anilines is 1. The van der Waals surface area contributed by atoms with Gasteiger partial charge in [-0.2, -0.15) is 0 Å². The van der Waals surface area contributed by atoms with Crippen LogP contribution in [-0.4, -0.2) is 13.5 Å². The molecule has 0 N–H and O–H groups in total. The molecule has 27 heavy (non-hydrogen) atoms. The molecule has 3 nitrogen and oxygen atoms in total. The van der Waals surface area contributed by atoms with E-state index >= 15 is 0 Å². The molecule has 4 rings (SSSR count). The van der Waals surface area contributed by atoms with Gasteiger partial charge >= 0.3 is 0 Å². The zero-order chi connectivity index (χ0) is 18.8. The first-order chi connectivity index (χ1) is 13.3. The van der Waals surface area contributed by atoms with Crippen molar-refractivity contribution in [1.82, 2.24) is 0 Å². The number of para-hydroxylation sites is 1. The van der Waals surface area contributed by atoms with E-state index in [9.17, 15) is 4.79 Å². The monoisotopic (exact) mass is 357 g/mol. The smallest absolute Gasteiger partial charge is 0.214 e. The average Bonchev–Trinajstić information content (AvgIpc) is 2.72. The van der Waals surface area contributed by atoms with Crippen LogP contribution in [0.5, 0.6) is 5.75 Å². The number of hydrogen-bond donors (Lipinski definition) is 0. The molecule has 1 unspecified atom stereocenters. The molecule has 0 spiro atoms. The molecular formula is C24H23NO2. The van der Waals surface area contributed by atoms with E-state index in [2.05, 4.69) is 43.3 Å². The Kier molecular flexibility index (Phi) is 4.68. The fourth-order valence-corrected chi connectivity index (χ4v) is 4.01. The van der Waals surface area contributed by atoms with Gasteiger partial charge in [-0.1, -0.05) is 61.9 Å². The quantitative estimate of drug-likeness (QED) is 0.388. The second kappa shape index (κ2) is 7.28. The largest absolute Gasteiger partial charge is 0.496 e. The first-order valence-corrected chi connectivity index (χ1v) is 9.38. The van der Waals surface area contributed by atoms with E-state index in [1.807, 2.05) is 35.2 Å². The maximum Gasteiger partial charge on any atom is 0.214 e. The predicted octanol–water partition coefficient (Wildman–Crippen LogP) is 5.85. The topological polar surface area (TPSA) is 29.5 Å². The molecule has 1 aliphatic carbocycles. The Balaban J connectivity index is 1.74. The highest BCUT2D eigenvalue weighted by atomic mass is 16.5. The van der Waals surface area contributed by atoms with E-state index in [1.165, 1.54) is 22.3 Å². The van der Waals surface area contributed by atoms with E-state index in [0.717, 1.165) is 36.3 Å². The van der Waals surface area contributed by atoms with Crippen LogP contribution in [0.1, 0.15) is 31.4 Å². The molecule has 1 aliphatic rings. The molecule has 1 atom stereocenters. The molecule has 0 fully saturated rings. The predicted molar refractivity (Wildman–Crippen MR) is 110 cm³/mol. The molecule has 0 heterocycles. The number of amides is 1. The number of fused-ring (bicyclic) bond motifs is 4. The van der Waals surface area contributed by atoms with Gasteiger partial charge in [0, 0.05) is 11.3 Å². The van der Waals surface area contributed by atoms with Gasteiger partial charge in [0.15, 0.2) is 0 Å². The second-order valence-electron chi connectivity index (χ2n) is 6.83. The van der Waals surface area contributed by atoms with Crippen LogP contribution in [0.4, 0.5) is 5.69 Å². The zero-order valence-electron chi connectivity index (χ0n) is 15.7. The molecule has 1 amide bonds. The van der Waals surface area contributed by atoms with Crippen molar-refractivity contribution in [3.05, 3.63) is 72.3 Å². The number of nitrogens with zero attached hydrogens (tertiary/aromatic N) is 1. The summed E-state index contributed by atoms with van der Waals surface area (Å²) in [7, 11) is 1.68. The standard InChI is InChI=1S/C24H23NO2/c1-3-8-23(21-11-6-7-12-24(21)27-2)25(16-26)17-13-14-20-18-9-4-5-10-19(18)22(20)15-17/h4-7,9-16,23H,3,8H2,1-2H3. The highest BCUT2D eigenvalue weighted by Crippen LogP contribution is 2.48. The molecule has 0 bridgehead atoms. The SMILES string of the molecule is CCCC(c1ccccc1OC)N(C=O)c1ccc2c(c1)-c1ccccc1-2. The molecular weight excluding hydrogens is 334 g/mol. The third-order valence-electron chi connectivity index (χ3n) is 5.32. The first kappa shape index (κ1) is 17.3. The number of benzene rings is 3. The van der Waals surface area contributed by atoms with Crippen LogP contribution in [0.25, 0.3) is 22.3 Å². The van der Waals surface area contributed by atoms with Gasteiger partial charge in [-0.25, -0.2) is 0 Å². The first-order valence-electron chi connectivity index (χ1n) is 9.38.